The van der Waals surface area contributed by atoms with E-state index in [1.54, 1.807) is 26.1 Å². The van der Waals surface area contributed by atoms with Gasteiger partial charge in [0.1, 0.15) is 0 Å². The van der Waals surface area contributed by atoms with E-state index in [0.29, 0.717) is 29.7 Å². The van der Waals surface area contributed by atoms with Crippen molar-refractivity contribution in [3.05, 3.63) is 39.4 Å². The van der Waals surface area contributed by atoms with Gasteiger partial charge < -0.3 is 0 Å². The highest BCUT2D eigenvalue weighted by molar-refractivity contribution is 5.49. The van der Waals surface area contributed by atoms with Crippen LogP contribution in [0.25, 0.3) is 5.65 Å². The molecule has 1 fully saturated rings. The minimum atomic E-state index is -2.56. The van der Waals surface area contributed by atoms with E-state index in [1.807, 2.05) is 0 Å². The summed E-state index contributed by atoms with van der Waals surface area (Å²) in [5.41, 5.74) is 2.38. The third-order valence-electron chi connectivity index (χ3n) is 4.38. The van der Waals surface area contributed by atoms with Gasteiger partial charge in [-0.25, -0.2) is 13.8 Å². The van der Waals surface area contributed by atoms with Crippen LogP contribution in [0.4, 0.5) is 8.78 Å². The normalized spacial score (nSPS) is 19.0. The maximum atomic E-state index is 13.3. The van der Waals surface area contributed by atoms with Crippen molar-refractivity contribution >= 4 is 5.65 Å². The minimum absolute atomic E-state index is 0.0108. The van der Waals surface area contributed by atoms with Crippen molar-refractivity contribution in [3.63, 3.8) is 0 Å². The van der Waals surface area contributed by atoms with Crippen LogP contribution in [0.5, 0.6) is 0 Å². The Morgan fingerprint density at radius 2 is 1.95 bits per heavy atom. The van der Waals surface area contributed by atoms with Gasteiger partial charge in [0.15, 0.2) is 5.65 Å². The lowest BCUT2D eigenvalue weighted by Crippen LogP contribution is -2.26. The van der Waals surface area contributed by atoms with Gasteiger partial charge in [-0.2, -0.15) is 9.61 Å². The van der Waals surface area contributed by atoms with Crippen LogP contribution in [0, 0.1) is 13.8 Å². The van der Waals surface area contributed by atoms with E-state index >= 15 is 0 Å². The van der Waals surface area contributed by atoms with Gasteiger partial charge in [-0.1, -0.05) is 0 Å². The highest BCUT2D eigenvalue weighted by atomic mass is 19.3. The van der Waals surface area contributed by atoms with E-state index in [9.17, 15) is 13.6 Å². The number of nitrogens with zero attached hydrogens (tertiary/aromatic N) is 3. The van der Waals surface area contributed by atoms with Crippen molar-refractivity contribution in [1.82, 2.24) is 14.6 Å². The van der Waals surface area contributed by atoms with Crippen molar-refractivity contribution in [3.8, 4) is 0 Å². The molecule has 0 saturated heterocycles. The third kappa shape index (κ3) is 2.43. The molecule has 0 bridgehead atoms. The van der Waals surface area contributed by atoms with E-state index < -0.39 is 5.92 Å². The van der Waals surface area contributed by atoms with Crippen LogP contribution >= 0.6 is 0 Å². The first-order chi connectivity index (χ1) is 9.89. The molecule has 0 radical (unpaired) electrons. The molecule has 3 rings (SSSR count). The summed E-state index contributed by atoms with van der Waals surface area (Å²) in [4.78, 5) is 16.7. The van der Waals surface area contributed by atoms with Crippen LogP contribution in [0.1, 0.15) is 48.4 Å². The van der Waals surface area contributed by atoms with E-state index in [4.69, 9.17) is 0 Å². The van der Waals surface area contributed by atoms with Gasteiger partial charge in [0.05, 0.1) is 0 Å². The molecule has 2 aromatic heterocycles. The zero-order valence-electron chi connectivity index (χ0n) is 12.1. The fourth-order valence-electron chi connectivity index (χ4n) is 2.92. The molecule has 0 aliphatic heterocycles. The number of alkyl halides is 2. The Morgan fingerprint density at radius 3 is 2.62 bits per heavy atom. The number of halogens is 2. The van der Waals surface area contributed by atoms with Gasteiger partial charge in [-0.15, -0.1) is 0 Å². The van der Waals surface area contributed by atoms with Gasteiger partial charge >= 0.3 is 0 Å². The summed E-state index contributed by atoms with van der Waals surface area (Å²) in [5.74, 6) is -2.55. The largest absolute Gasteiger partial charge is 0.277 e. The summed E-state index contributed by atoms with van der Waals surface area (Å²) in [6.45, 7) is 3.50. The molecular formula is C15H17F2N3O. The van der Waals surface area contributed by atoms with E-state index in [1.165, 1.54) is 4.52 Å². The topological polar surface area (TPSA) is 47.3 Å². The van der Waals surface area contributed by atoms with E-state index in [0.717, 1.165) is 5.56 Å². The summed E-state index contributed by atoms with van der Waals surface area (Å²) in [5, 5.41) is 4.06. The second-order valence-corrected chi connectivity index (χ2v) is 5.78. The molecule has 0 amide bonds. The zero-order valence-corrected chi connectivity index (χ0v) is 12.1. The molecule has 112 valence electrons. The summed E-state index contributed by atoms with van der Waals surface area (Å²) < 4.78 is 27.9. The van der Waals surface area contributed by atoms with Crippen molar-refractivity contribution < 1.29 is 8.78 Å². The van der Waals surface area contributed by atoms with Crippen LogP contribution in [-0.2, 0) is 0 Å². The first kappa shape index (κ1) is 14.1. The molecule has 4 nitrogen and oxygen atoms in total. The SMILES string of the molecule is Cc1nc2c(C3CCC(F)(F)CC3)ccnn2c(=O)c1C. The Hall–Kier alpha value is -1.85. The third-order valence-corrected chi connectivity index (χ3v) is 4.38. The number of fused-ring (bicyclic) bond motifs is 1. The smallest absolute Gasteiger partial charge is 0.267 e. The fraction of sp³-hybridized carbons (Fsp3) is 0.533. The van der Waals surface area contributed by atoms with Crippen molar-refractivity contribution in [2.24, 2.45) is 0 Å². The van der Waals surface area contributed by atoms with Crippen LogP contribution < -0.4 is 5.56 Å². The quantitative estimate of drug-likeness (QED) is 0.812. The predicted octanol–water partition coefficient (Wildman–Crippen LogP) is 3.00. The average Bonchev–Trinajstić information content (AvgIpc) is 2.45. The zero-order chi connectivity index (χ0) is 15.2. The Morgan fingerprint density at radius 1 is 1.29 bits per heavy atom. The van der Waals surface area contributed by atoms with E-state index in [-0.39, 0.29) is 24.3 Å². The predicted molar refractivity (Wildman–Crippen MR) is 74.9 cm³/mol. The summed E-state index contributed by atoms with van der Waals surface area (Å²) in [6.07, 6.45) is 2.15. The number of hydrogen-bond donors (Lipinski definition) is 0. The lowest BCUT2D eigenvalue weighted by Gasteiger charge is -2.28. The molecule has 2 aromatic rings. The lowest BCUT2D eigenvalue weighted by molar-refractivity contribution is -0.0381. The van der Waals surface area contributed by atoms with Crippen LogP contribution in [0.15, 0.2) is 17.1 Å². The number of rotatable bonds is 1. The monoisotopic (exact) mass is 293 g/mol. The first-order valence-corrected chi connectivity index (χ1v) is 7.12. The standard InChI is InChI=1S/C15H17F2N3O/c1-9-10(2)19-13-12(5-8-18-20(13)14(9)21)11-3-6-15(16,17)7-4-11/h5,8,11H,3-4,6-7H2,1-2H3. The highest BCUT2D eigenvalue weighted by Crippen LogP contribution is 2.41. The molecule has 0 N–H and O–H groups in total. The van der Waals surface area contributed by atoms with Crippen LogP contribution in [0.3, 0.4) is 0 Å². The molecule has 1 aliphatic rings. The van der Waals surface area contributed by atoms with Crippen molar-refractivity contribution in [1.29, 1.82) is 0 Å². The van der Waals surface area contributed by atoms with Gasteiger partial charge in [-0.05, 0) is 38.7 Å². The molecule has 0 atom stereocenters. The highest BCUT2D eigenvalue weighted by Gasteiger charge is 2.36. The maximum Gasteiger partial charge on any atom is 0.277 e. The molecule has 6 heteroatoms. The first-order valence-electron chi connectivity index (χ1n) is 7.12. The Balaban J connectivity index is 2.10. The summed E-state index contributed by atoms with van der Waals surface area (Å²) in [6, 6.07) is 1.80. The second kappa shape index (κ2) is 4.86. The fourth-order valence-corrected chi connectivity index (χ4v) is 2.92. The Bertz CT molecular complexity index is 744. The summed E-state index contributed by atoms with van der Waals surface area (Å²) in [7, 11) is 0. The molecular weight excluding hydrogens is 276 g/mol. The lowest BCUT2D eigenvalue weighted by atomic mass is 9.82. The van der Waals surface area contributed by atoms with Gasteiger partial charge in [-0.3, -0.25) is 4.79 Å². The van der Waals surface area contributed by atoms with Gasteiger partial charge in [0.25, 0.3) is 5.56 Å². The average molecular weight is 293 g/mol. The molecule has 21 heavy (non-hydrogen) atoms. The Labute approximate surface area is 120 Å². The molecule has 2 heterocycles. The van der Waals surface area contributed by atoms with E-state index in [2.05, 4.69) is 10.1 Å². The van der Waals surface area contributed by atoms with Gasteiger partial charge in [0.2, 0.25) is 5.92 Å². The molecule has 1 saturated carbocycles. The summed E-state index contributed by atoms with van der Waals surface area (Å²) >= 11 is 0. The van der Waals surface area contributed by atoms with Gasteiger partial charge in [0, 0.05) is 35.9 Å². The number of aromatic nitrogens is 3. The van der Waals surface area contributed by atoms with Crippen molar-refractivity contribution in [2.45, 2.75) is 51.4 Å². The number of aryl methyl sites for hydroxylation is 1. The molecule has 1 aliphatic carbocycles. The Kier molecular flexibility index (Phi) is 3.26. The maximum absolute atomic E-state index is 13.3. The van der Waals surface area contributed by atoms with Crippen LogP contribution in [0.2, 0.25) is 0 Å². The second-order valence-electron chi connectivity index (χ2n) is 5.78. The number of hydrogen-bond acceptors (Lipinski definition) is 3. The molecule has 0 aromatic carbocycles. The van der Waals surface area contributed by atoms with Crippen LogP contribution in [-0.4, -0.2) is 20.5 Å². The molecule has 0 spiro atoms. The van der Waals surface area contributed by atoms with Crippen molar-refractivity contribution in [2.75, 3.05) is 0 Å². The molecule has 0 unspecified atom stereocenters. The minimum Gasteiger partial charge on any atom is -0.267 e.